The molecule has 0 aromatic carbocycles. The Balaban J connectivity index is 1.61. The molecule has 7 atom stereocenters. The van der Waals surface area contributed by atoms with E-state index in [9.17, 15) is 20.4 Å². The molecule has 7 unspecified atom stereocenters. The Morgan fingerprint density at radius 3 is 2.17 bits per heavy atom. The van der Waals surface area contributed by atoms with Crippen LogP contribution in [0.4, 0.5) is 0 Å². The van der Waals surface area contributed by atoms with Crippen LogP contribution in [0.25, 0.3) is 10.4 Å². The molecular formula is C15H28N4O4. The largest absolute Gasteiger partial charge is 0.396 e. The van der Waals surface area contributed by atoms with Gasteiger partial charge < -0.3 is 20.4 Å². The molecule has 0 spiro atoms. The van der Waals surface area contributed by atoms with Crippen molar-refractivity contribution in [3.05, 3.63) is 10.4 Å². The first-order valence-corrected chi connectivity index (χ1v) is 8.55. The lowest BCUT2D eigenvalue weighted by molar-refractivity contribution is -0.105. The van der Waals surface area contributed by atoms with Gasteiger partial charge in [-0.3, -0.25) is 4.90 Å². The molecule has 1 saturated heterocycles. The van der Waals surface area contributed by atoms with Crippen LogP contribution >= 0.6 is 0 Å². The minimum absolute atomic E-state index is 0.0164. The molecule has 0 radical (unpaired) electrons. The van der Waals surface area contributed by atoms with Crippen LogP contribution in [-0.2, 0) is 0 Å². The molecule has 1 aliphatic carbocycles. The zero-order valence-corrected chi connectivity index (χ0v) is 13.4. The van der Waals surface area contributed by atoms with Crippen LogP contribution in [0.1, 0.15) is 38.5 Å². The molecule has 0 aromatic rings. The third-order valence-corrected chi connectivity index (χ3v) is 5.15. The van der Waals surface area contributed by atoms with Gasteiger partial charge in [-0.1, -0.05) is 30.8 Å². The van der Waals surface area contributed by atoms with Crippen LogP contribution in [0.3, 0.4) is 0 Å². The van der Waals surface area contributed by atoms with E-state index in [0.29, 0.717) is 6.54 Å². The number of aliphatic hydroxyl groups excluding tert-OH is 4. The monoisotopic (exact) mass is 328 g/mol. The van der Waals surface area contributed by atoms with Crippen molar-refractivity contribution in [3.8, 4) is 0 Å². The van der Waals surface area contributed by atoms with Crippen molar-refractivity contribution >= 4 is 0 Å². The number of hydrogen-bond donors (Lipinski definition) is 4. The van der Waals surface area contributed by atoms with Crippen molar-refractivity contribution in [2.75, 3.05) is 19.7 Å². The standard InChI is InChI=1S/C15H28N4O4/c16-18-17-7-5-3-1-2-4-6-8-19-11-10(9-20)13(21)15(23)14(22)12(11)19/h10-15,20-23H,1-9H2. The fourth-order valence-corrected chi connectivity index (χ4v) is 3.82. The molecule has 1 saturated carbocycles. The van der Waals surface area contributed by atoms with E-state index in [4.69, 9.17) is 5.53 Å². The summed E-state index contributed by atoms with van der Waals surface area (Å²) in [4.78, 5) is 4.81. The first-order chi connectivity index (χ1) is 11.1. The molecule has 0 aromatic heterocycles. The van der Waals surface area contributed by atoms with Gasteiger partial charge >= 0.3 is 0 Å². The van der Waals surface area contributed by atoms with Crippen molar-refractivity contribution in [2.24, 2.45) is 11.0 Å². The molecule has 4 N–H and O–H groups in total. The Labute approximate surface area is 136 Å². The number of nitrogens with zero attached hydrogens (tertiary/aromatic N) is 4. The Kier molecular flexibility index (Phi) is 7.08. The van der Waals surface area contributed by atoms with E-state index in [1.165, 1.54) is 0 Å². The quantitative estimate of drug-likeness (QED) is 0.151. The Morgan fingerprint density at radius 2 is 1.52 bits per heavy atom. The molecule has 2 fully saturated rings. The average molecular weight is 328 g/mol. The SMILES string of the molecule is [N-]=[N+]=NCCCCCCCCN1C2C(O)C(O)C(O)C(CO)C21. The summed E-state index contributed by atoms with van der Waals surface area (Å²) in [6, 6.07) is -0.147. The molecule has 1 heterocycles. The minimum atomic E-state index is -1.17. The van der Waals surface area contributed by atoms with Crippen molar-refractivity contribution in [2.45, 2.75) is 68.9 Å². The Bertz CT molecular complexity index is 418. The summed E-state index contributed by atoms with van der Waals surface area (Å²) < 4.78 is 0. The number of azide groups is 1. The van der Waals surface area contributed by atoms with E-state index >= 15 is 0 Å². The van der Waals surface area contributed by atoms with E-state index in [1.807, 2.05) is 0 Å². The molecule has 8 heteroatoms. The lowest BCUT2D eigenvalue weighted by Crippen LogP contribution is -2.52. The Hall–Kier alpha value is -0.890. The summed E-state index contributed by atoms with van der Waals surface area (Å²) in [5.74, 6) is -0.376. The highest BCUT2D eigenvalue weighted by molar-refractivity contribution is 5.17. The topological polar surface area (TPSA) is 133 Å². The third kappa shape index (κ3) is 4.35. The summed E-state index contributed by atoms with van der Waals surface area (Å²) in [5, 5.41) is 42.7. The van der Waals surface area contributed by atoms with Crippen LogP contribution in [0.5, 0.6) is 0 Å². The smallest absolute Gasteiger partial charge is 0.108 e. The second-order valence-electron chi connectivity index (χ2n) is 6.61. The predicted molar refractivity (Wildman–Crippen MR) is 84.6 cm³/mol. The first kappa shape index (κ1) is 18.4. The predicted octanol–water partition coefficient (Wildman–Crippen LogP) is 0.395. The fourth-order valence-electron chi connectivity index (χ4n) is 3.82. The Morgan fingerprint density at radius 1 is 0.870 bits per heavy atom. The molecular weight excluding hydrogens is 300 g/mol. The molecule has 132 valence electrons. The van der Waals surface area contributed by atoms with Gasteiger partial charge in [0.25, 0.3) is 0 Å². The van der Waals surface area contributed by atoms with E-state index in [1.54, 1.807) is 0 Å². The number of unbranched alkanes of at least 4 members (excludes halogenated alkanes) is 5. The number of hydrogen-bond acceptors (Lipinski definition) is 6. The van der Waals surface area contributed by atoms with Crippen LogP contribution in [-0.4, -0.2) is 75.4 Å². The van der Waals surface area contributed by atoms with Crippen LogP contribution in [0.2, 0.25) is 0 Å². The van der Waals surface area contributed by atoms with Crippen molar-refractivity contribution in [1.82, 2.24) is 4.90 Å². The lowest BCUT2D eigenvalue weighted by atomic mass is 9.83. The second kappa shape index (κ2) is 8.82. The summed E-state index contributed by atoms with van der Waals surface area (Å²) in [5.41, 5.74) is 8.16. The van der Waals surface area contributed by atoms with Gasteiger partial charge in [-0.15, -0.1) is 0 Å². The van der Waals surface area contributed by atoms with Gasteiger partial charge in [-0.05, 0) is 24.9 Å². The van der Waals surface area contributed by atoms with Crippen molar-refractivity contribution < 1.29 is 20.4 Å². The number of rotatable bonds is 10. The van der Waals surface area contributed by atoms with Crippen LogP contribution in [0.15, 0.2) is 5.11 Å². The van der Waals surface area contributed by atoms with E-state index in [0.717, 1.165) is 45.1 Å². The summed E-state index contributed by atoms with van der Waals surface area (Å²) in [7, 11) is 0. The molecule has 2 aliphatic rings. The van der Waals surface area contributed by atoms with Gasteiger partial charge in [0.15, 0.2) is 0 Å². The average Bonchev–Trinajstić information content (AvgIpc) is 3.26. The maximum Gasteiger partial charge on any atom is 0.108 e. The maximum absolute atomic E-state index is 10.0. The molecule has 23 heavy (non-hydrogen) atoms. The maximum atomic E-state index is 10.0. The van der Waals surface area contributed by atoms with E-state index in [-0.39, 0.29) is 24.6 Å². The zero-order chi connectivity index (χ0) is 16.8. The fraction of sp³-hybridized carbons (Fsp3) is 1.00. The summed E-state index contributed by atoms with van der Waals surface area (Å²) in [6.45, 7) is 1.22. The van der Waals surface area contributed by atoms with E-state index < -0.39 is 18.3 Å². The highest BCUT2D eigenvalue weighted by Crippen LogP contribution is 2.44. The van der Waals surface area contributed by atoms with Crippen LogP contribution in [0, 0.1) is 5.92 Å². The highest BCUT2D eigenvalue weighted by atomic mass is 16.4. The molecule has 2 rings (SSSR count). The number of aliphatic hydroxyl groups is 4. The van der Waals surface area contributed by atoms with Gasteiger partial charge in [0, 0.05) is 23.4 Å². The van der Waals surface area contributed by atoms with E-state index in [2.05, 4.69) is 14.9 Å². The lowest BCUT2D eigenvalue weighted by Gasteiger charge is -2.32. The highest BCUT2D eigenvalue weighted by Gasteiger charge is 2.63. The van der Waals surface area contributed by atoms with Crippen molar-refractivity contribution in [1.29, 1.82) is 0 Å². The number of likely N-dealkylation sites (tertiary alicyclic amines) is 1. The van der Waals surface area contributed by atoms with Gasteiger partial charge in [0.2, 0.25) is 0 Å². The van der Waals surface area contributed by atoms with Crippen molar-refractivity contribution in [3.63, 3.8) is 0 Å². The molecule has 8 nitrogen and oxygen atoms in total. The normalized spacial score (nSPS) is 38.7. The van der Waals surface area contributed by atoms with Gasteiger partial charge in [-0.2, -0.15) is 0 Å². The molecule has 0 amide bonds. The minimum Gasteiger partial charge on any atom is -0.396 e. The summed E-state index contributed by atoms with van der Waals surface area (Å²) in [6.07, 6.45) is 3.16. The number of fused-ring (bicyclic) bond motifs is 1. The summed E-state index contributed by atoms with van der Waals surface area (Å²) >= 11 is 0. The molecule has 1 aliphatic heterocycles. The zero-order valence-electron chi connectivity index (χ0n) is 13.4. The first-order valence-electron chi connectivity index (χ1n) is 8.55. The van der Waals surface area contributed by atoms with Gasteiger partial charge in [0.05, 0.1) is 24.9 Å². The van der Waals surface area contributed by atoms with Crippen LogP contribution < -0.4 is 0 Å². The third-order valence-electron chi connectivity index (χ3n) is 5.15. The van der Waals surface area contributed by atoms with Gasteiger partial charge in [0.1, 0.15) is 6.10 Å². The van der Waals surface area contributed by atoms with Gasteiger partial charge in [-0.25, -0.2) is 0 Å². The molecule has 0 bridgehead atoms. The second-order valence-corrected chi connectivity index (χ2v) is 6.61.